The third kappa shape index (κ3) is 5.33. The molecule has 0 aliphatic carbocycles. The SMILES string of the molecule is CCOC(=O)c1ccc(S(=O)(=O)c2ccccc2NC(=O)c2cccc([N+](=O)[O-])c2)cc1C(=O)O. The molecule has 0 aliphatic rings. The first-order valence-corrected chi connectivity index (χ1v) is 11.5. The molecule has 2 N–H and O–H groups in total. The van der Waals surface area contributed by atoms with E-state index in [0.717, 1.165) is 24.3 Å². The number of para-hydroxylation sites is 1. The highest BCUT2D eigenvalue weighted by atomic mass is 32.2. The number of sulfone groups is 1. The van der Waals surface area contributed by atoms with Gasteiger partial charge in [0, 0.05) is 17.7 Å². The van der Waals surface area contributed by atoms with Gasteiger partial charge in [0.15, 0.2) is 0 Å². The van der Waals surface area contributed by atoms with E-state index in [2.05, 4.69) is 5.32 Å². The number of ether oxygens (including phenoxy) is 1. The Kier molecular flexibility index (Phi) is 7.25. The number of nitro benzene ring substituents is 1. The van der Waals surface area contributed by atoms with Crippen molar-refractivity contribution in [1.82, 2.24) is 0 Å². The molecule has 0 spiro atoms. The van der Waals surface area contributed by atoms with Crippen LogP contribution in [-0.2, 0) is 14.6 Å². The minimum absolute atomic E-state index is 0.00438. The Balaban J connectivity index is 2.02. The second-order valence-corrected chi connectivity index (χ2v) is 8.91. The number of esters is 1. The van der Waals surface area contributed by atoms with Crippen LogP contribution in [0.5, 0.6) is 0 Å². The number of aromatic carboxylic acids is 1. The van der Waals surface area contributed by atoms with Gasteiger partial charge in [-0.1, -0.05) is 18.2 Å². The second kappa shape index (κ2) is 10.1. The molecule has 0 heterocycles. The summed E-state index contributed by atoms with van der Waals surface area (Å²) < 4.78 is 31.5. The van der Waals surface area contributed by atoms with Gasteiger partial charge in [0.05, 0.1) is 38.1 Å². The van der Waals surface area contributed by atoms with Gasteiger partial charge >= 0.3 is 11.9 Å². The first kappa shape index (κ1) is 25.1. The van der Waals surface area contributed by atoms with Crippen molar-refractivity contribution in [2.75, 3.05) is 11.9 Å². The van der Waals surface area contributed by atoms with E-state index in [1.807, 2.05) is 0 Å². The average molecular weight is 498 g/mol. The van der Waals surface area contributed by atoms with Crippen LogP contribution in [0.1, 0.15) is 38.0 Å². The summed E-state index contributed by atoms with van der Waals surface area (Å²) in [6.45, 7) is 1.53. The van der Waals surface area contributed by atoms with Gasteiger partial charge in [-0.2, -0.15) is 0 Å². The van der Waals surface area contributed by atoms with E-state index in [-0.39, 0.29) is 34.0 Å². The number of carboxylic acid groups (broad SMARTS) is 1. The summed E-state index contributed by atoms with van der Waals surface area (Å²) in [6, 6.07) is 13.2. The molecule has 11 nitrogen and oxygen atoms in total. The molecule has 3 aromatic carbocycles. The lowest BCUT2D eigenvalue weighted by molar-refractivity contribution is -0.384. The number of hydrogen-bond donors (Lipinski definition) is 2. The standard InChI is InChI=1S/C23H18N2O9S/c1-2-34-23(29)17-11-10-16(13-18(17)22(27)28)35(32,33)20-9-4-3-8-19(20)24-21(26)14-6-5-7-15(12-14)25(30)31/h3-13H,2H2,1H3,(H,24,26)(H,27,28). The van der Waals surface area contributed by atoms with Crippen molar-refractivity contribution in [2.24, 2.45) is 0 Å². The monoisotopic (exact) mass is 498 g/mol. The number of carbonyl (C=O) groups excluding carboxylic acids is 2. The van der Waals surface area contributed by atoms with E-state index < -0.39 is 43.1 Å². The Labute approximate surface area is 199 Å². The van der Waals surface area contributed by atoms with E-state index in [0.29, 0.717) is 0 Å². The van der Waals surface area contributed by atoms with Crippen molar-refractivity contribution >= 4 is 39.1 Å². The highest BCUT2D eigenvalue weighted by Gasteiger charge is 2.26. The van der Waals surface area contributed by atoms with E-state index in [1.54, 1.807) is 0 Å². The molecule has 0 aromatic heterocycles. The van der Waals surface area contributed by atoms with Gasteiger partial charge in [-0.3, -0.25) is 14.9 Å². The molecule has 1 amide bonds. The minimum Gasteiger partial charge on any atom is -0.478 e. The summed E-state index contributed by atoms with van der Waals surface area (Å²) in [5, 5.41) is 22.9. The van der Waals surface area contributed by atoms with Gasteiger partial charge in [0.25, 0.3) is 11.6 Å². The Morgan fingerprint density at radius 3 is 2.37 bits per heavy atom. The normalized spacial score (nSPS) is 10.9. The lowest BCUT2D eigenvalue weighted by atomic mass is 10.1. The molecule has 3 aromatic rings. The van der Waals surface area contributed by atoms with E-state index in [9.17, 15) is 38.0 Å². The van der Waals surface area contributed by atoms with Crippen LogP contribution in [0.25, 0.3) is 0 Å². The third-order valence-electron chi connectivity index (χ3n) is 4.77. The molecule has 12 heteroatoms. The first-order valence-electron chi connectivity index (χ1n) is 10.0. The van der Waals surface area contributed by atoms with Crippen LogP contribution >= 0.6 is 0 Å². The molecule has 0 saturated heterocycles. The molecule has 0 atom stereocenters. The van der Waals surface area contributed by atoms with Crippen LogP contribution in [0, 0.1) is 10.1 Å². The molecular weight excluding hydrogens is 480 g/mol. The molecule has 0 saturated carbocycles. The molecule has 0 unspecified atom stereocenters. The average Bonchev–Trinajstić information content (AvgIpc) is 2.84. The Morgan fingerprint density at radius 2 is 1.71 bits per heavy atom. The summed E-state index contributed by atoms with van der Waals surface area (Å²) >= 11 is 0. The lowest BCUT2D eigenvalue weighted by Crippen LogP contribution is -2.16. The van der Waals surface area contributed by atoms with Crippen LogP contribution in [0.15, 0.2) is 76.5 Å². The van der Waals surface area contributed by atoms with Crippen molar-refractivity contribution in [3.05, 3.63) is 93.5 Å². The number of amides is 1. The van der Waals surface area contributed by atoms with Gasteiger partial charge in [0.1, 0.15) is 0 Å². The Hall–Kier alpha value is -4.58. The molecule has 0 radical (unpaired) electrons. The maximum Gasteiger partial charge on any atom is 0.338 e. The minimum atomic E-state index is -4.37. The number of carboxylic acids is 1. The lowest BCUT2D eigenvalue weighted by Gasteiger charge is -2.13. The zero-order valence-corrected chi connectivity index (χ0v) is 18.9. The Morgan fingerprint density at radius 1 is 1.00 bits per heavy atom. The predicted octanol–water partition coefficient (Wildman–Crippen LogP) is 3.55. The summed E-state index contributed by atoms with van der Waals surface area (Å²) in [7, 11) is -4.37. The number of nitrogens with zero attached hydrogens (tertiary/aromatic N) is 1. The van der Waals surface area contributed by atoms with Crippen molar-refractivity contribution in [3.63, 3.8) is 0 Å². The number of rotatable bonds is 8. The van der Waals surface area contributed by atoms with Gasteiger partial charge in [0.2, 0.25) is 9.84 Å². The summed E-state index contributed by atoms with van der Waals surface area (Å²) in [5.41, 5.74) is -1.40. The third-order valence-corrected chi connectivity index (χ3v) is 6.58. The fourth-order valence-electron chi connectivity index (χ4n) is 3.14. The fraction of sp³-hybridized carbons (Fsp3) is 0.0870. The predicted molar refractivity (Wildman–Crippen MR) is 122 cm³/mol. The zero-order chi connectivity index (χ0) is 25.8. The molecule has 180 valence electrons. The van der Waals surface area contributed by atoms with Crippen LogP contribution in [-0.4, -0.2) is 42.9 Å². The maximum absolute atomic E-state index is 13.3. The van der Waals surface area contributed by atoms with E-state index in [1.165, 1.54) is 49.4 Å². The summed E-state index contributed by atoms with van der Waals surface area (Å²) in [6.07, 6.45) is 0. The smallest absolute Gasteiger partial charge is 0.338 e. The van der Waals surface area contributed by atoms with Crippen LogP contribution < -0.4 is 5.32 Å². The Bertz CT molecular complexity index is 1450. The van der Waals surface area contributed by atoms with Crippen LogP contribution in [0.4, 0.5) is 11.4 Å². The molecule has 35 heavy (non-hydrogen) atoms. The van der Waals surface area contributed by atoms with Crippen molar-refractivity contribution in [3.8, 4) is 0 Å². The fourth-order valence-corrected chi connectivity index (χ4v) is 4.58. The quantitative estimate of drug-likeness (QED) is 0.268. The van der Waals surface area contributed by atoms with Gasteiger partial charge in [-0.15, -0.1) is 0 Å². The molecule has 0 aliphatic heterocycles. The highest BCUT2D eigenvalue weighted by molar-refractivity contribution is 7.91. The number of carbonyl (C=O) groups is 3. The molecule has 0 fully saturated rings. The topological polar surface area (TPSA) is 170 Å². The number of nitro groups is 1. The molecule has 0 bridgehead atoms. The first-order chi connectivity index (χ1) is 16.6. The largest absolute Gasteiger partial charge is 0.478 e. The zero-order valence-electron chi connectivity index (χ0n) is 18.1. The van der Waals surface area contributed by atoms with Crippen LogP contribution in [0.2, 0.25) is 0 Å². The number of anilines is 1. The van der Waals surface area contributed by atoms with Crippen molar-refractivity contribution in [1.29, 1.82) is 0 Å². The number of benzene rings is 3. The second-order valence-electron chi connectivity index (χ2n) is 6.99. The molecule has 3 rings (SSSR count). The van der Waals surface area contributed by atoms with Gasteiger partial charge in [-0.25, -0.2) is 18.0 Å². The van der Waals surface area contributed by atoms with Crippen LogP contribution in [0.3, 0.4) is 0 Å². The number of hydrogen-bond acceptors (Lipinski definition) is 8. The summed E-state index contributed by atoms with van der Waals surface area (Å²) in [5.74, 6) is -3.24. The highest BCUT2D eigenvalue weighted by Crippen LogP contribution is 2.30. The van der Waals surface area contributed by atoms with E-state index in [4.69, 9.17) is 4.74 Å². The number of nitrogens with one attached hydrogen (secondary N) is 1. The van der Waals surface area contributed by atoms with Crippen molar-refractivity contribution in [2.45, 2.75) is 16.7 Å². The van der Waals surface area contributed by atoms with Gasteiger partial charge in [-0.05, 0) is 43.3 Å². The molecular formula is C23H18N2O9S. The maximum atomic E-state index is 13.3. The van der Waals surface area contributed by atoms with E-state index >= 15 is 0 Å². The van der Waals surface area contributed by atoms with Crippen molar-refractivity contribution < 1.29 is 37.6 Å². The summed E-state index contributed by atoms with van der Waals surface area (Å²) in [4.78, 5) is 45.9. The number of non-ortho nitro benzene ring substituents is 1. The van der Waals surface area contributed by atoms with Gasteiger partial charge < -0.3 is 15.2 Å².